The van der Waals surface area contributed by atoms with Crippen molar-refractivity contribution in [1.82, 2.24) is 5.48 Å². The van der Waals surface area contributed by atoms with Crippen LogP contribution in [0, 0.1) is 0 Å². The zero-order chi connectivity index (χ0) is 24.2. The first kappa shape index (κ1) is 24.8. The van der Waals surface area contributed by atoms with Crippen LogP contribution in [0.25, 0.3) is 0 Å². The summed E-state index contributed by atoms with van der Waals surface area (Å²) in [5.41, 5.74) is 3.01. The van der Waals surface area contributed by atoms with Gasteiger partial charge in [0.25, 0.3) is 5.91 Å². The Balaban J connectivity index is 1.56. The molecule has 176 valence electrons. The van der Waals surface area contributed by atoms with Gasteiger partial charge in [-0.05, 0) is 54.8 Å². The molecule has 0 fully saturated rings. The van der Waals surface area contributed by atoms with Gasteiger partial charge in [-0.15, -0.1) is 5.11 Å². The molecule has 0 bridgehead atoms. The van der Waals surface area contributed by atoms with Gasteiger partial charge in [-0.2, -0.15) is 5.11 Å². The number of azo groups is 1. The smallest absolute Gasteiger partial charge is 0.295 e. The summed E-state index contributed by atoms with van der Waals surface area (Å²) in [5, 5.41) is 8.22. The predicted octanol–water partition coefficient (Wildman–Crippen LogP) is 6.27. The van der Waals surface area contributed by atoms with E-state index in [4.69, 9.17) is 9.57 Å². The first-order valence-electron chi connectivity index (χ1n) is 11.3. The highest BCUT2D eigenvalue weighted by atomic mass is 16.6. The van der Waals surface area contributed by atoms with Crippen LogP contribution in [0.3, 0.4) is 0 Å². The number of rotatable bonds is 11. The Morgan fingerprint density at radius 3 is 2.03 bits per heavy atom. The molecule has 0 aliphatic heterocycles. The first-order valence-corrected chi connectivity index (χ1v) is 11.3. The van der Waals surface area contributed by atoms with Crippen LogP contribution in [-0.4, -0.2) is 17.4 Å². The molecule has 0 aliphatic rings. The molecular weight excluding hydrogens is 430 g/mol. The number of nitrogens with one attached hydrogen (secondary N) is 1. The van der Waals surface area contributed by atoms with E-state index in [9.17, 15) is 9.59 Å². The van der Waals surface area contributed by atoms with Gasteiger partial charge in [0.1, 0.15) is 11.5 Å². The van der Waals surface area contributed by atoms with Crippen molar-refractivity contribution in [2.24, 2.45) is 10.2 Å². The lowest BCUT2D eigenvalue weighted by atomic mass is 9.90. The normalized spacial score (nSPS) is 11.4. The van der Waals surface area contributed by atoms with Crippen LogP contribution in [0.2, 0.25) is 0 Å². The predicted molar refractivity (Wildman–Crippen MR) is 129 cm³/mol. The van der Waals surface area contributed by atoms with E-state index >= 15 is 0 Å². The van der Waals surface area contributed by atoms with E-state index in [0.717, 1.165) is 5.56 Å². The Labute approximate surface area is 199 Å². The van der Waals surface area contributed by atoms with Crippen molar-refractivity contribution in [3.05, 3.63) is 96.1 Å². The minimum absolute atomic E-state index is 0.0649. The van der Waals surface area contributed by atoms with E-state index in [2.05, 4.69) is 15.7 Å². The highest BCUT2D eigenvalue weighted by Crippen LogP contribution is 2.26. The van der Waals surface area contributed by atoms with Gasteiger partial charge < -0.3 is 4.74 Å². The molecule has 3 aromatic rings. The van der Waals surface area contributed by atoms with Crippen LogP contribution < -0.4 is 10.2 Å². The summed E-state index contributed by atoms with van der Waals surface area (Å²) in [6, 6.07) is 25.6. The van der Waals surface area contributed by atoms with Gasteiger partial charge in [-0.25, -0.2) is 5.48 Å². The van der Waals surface area contributed by atoms with Gasteiger partial charge in [0.2, 0.25) is 5.91 Å². The first-order chi connectivity index (χ1) is 16.5. The largest absolute Gasteiger partial charge is 0.457 e. The Kier molecular flexibility index (Phi) is 9.05. The summed E-state index contributed by atoms with van der Waals surface area (Å²) in [5.74, 6) is 0.540. The second-order valence-corrected chi connectivity index (χ2v) is 7.85. The van der Waals surface area contributed by atoms with E-state index in [1.165, 1.54) is 0 Å². The number of ether oxygens (including phenoxy) is 1. The Morgan fingerprint density at radius 2 is 1.41 bits per heavy atom. The molecule has 0 spiro atoms. The second-order valence-electron chi connectivity index (χ2n) is 7.85. The molecule has 0 aliphatic carbocycles. The summed E-state index contributed by atoms with van der Waals surface area (Å²) in [6.07, 6.45) is 1.17. The van der Waals surface area contributed by atoms with Gasteiger partial charge in [0.05, 0.1) is 18.6 Å². The van der Waals surface area contributed by atoms with Gasteiger partial charge >= 0.3 is 0 Å². The van der Waals surface area contributed by atoms with Crippen LogP contribution in [0.5, 0.6) is 11.5 Å². The molecule has 0 saturated carbocycles. The van der Waals surface area contributed by atoms with Crippen LogP contribution >= 0.6 is 0 Å². The summed E-state index contributed by atoms with van der Waals surface area (Å²) in [7, 11) is 0. The van der Waals surface area contributed by atoms with E-state index in [1.807, 2.05) is 74.5 Å². The van der Waals surface area contributed by atoms with Crippen molar-refractivity contribution < 1.29 is 19.2 Å². The number of carbonyl (C=O) groups is 2. The van der Waals surface area contributed by atoms with Crippen LogP contribution in [-0.2, 0) is 16.2 Å². The molecule has 3 rings (SSSR count). The van der Waals surface area contributed by atoms with Crippen LogP contribution in [0.1, 0.15) is 49.0 Å². The summed E-state index contributed by atoms with van der Waals surface area (Å²) < 4.78 is 5.74. The third-order valence-electron chi connectivity index (χ3n) is 5.51. The lowest BCUT2D eigenvalue weighted by Crippen LogP contribution is -2.34. The van der Waals surface area contributed by atoms with Crippen molar-refractivity contribution in [1.29, 1.82) is 0 Å². The molecule has 2 amide bonds. The van der Waals surface area contributed by atoms with Gasteiger partial charge in [-0.3, -0.25) is 14.4 Å². The minimum atomic E-state index is -0.786. The summed E-state index contributed by atoms with van der Waals surface area (Å²) >= 11 is 0. The number of hydrogen-bond donors (Lipinski definition) is 1. The van der Waals surface area contributed by atoms with Crippen molar-refractivity contribution >= 4 is 11.8 Å². The molecule has 0 aromatic heterocycles. The Morgan fingerprint density at radius 1 is 0.824 bits per heavy atom. The average Bonchev–Trinajstić information content (AvgIpc) is 2.88. The van der Waals surface area contributed by atoms with E-state index < -0.39 is 11.4 Å². The molecule has 0 unspecified atom stereocenters. The van der Waals surface area contributed by atoms with Gasteiger partial charge in [0, 0.05) is 5.56 Å². The van der Waals surface area contributed by atoms with Crippen molar-refractivity contribution in [2.75, 3.05) is 0 Å². The highest BCUT2D eigenvalue weighted by Gasteiger charge is 2.30. The fraction of sp³-hybridized carbons (Fsp3) is 0.259. The number of nitrogens with zero attached hydrogens (tertiary/aromatic N) is 2. The third kappa shape index (κ3) is 7.35. The van der Waals surface area contributed by atoms with E-state index in [-0.39, 0.29) is 18.9 Å². The fourth-order valence-electron chi connectivity index (χ4n) is 3.29. The topological polar surface area (TPSA) is 89.4 Å². The lowest BCUT2D eigenvalue weighted by Gasteiger charge is -2.24. The molecule has 0 atom stereocenters. The van der Waals surface area contributed by atoms with E-state index in [0.29, 0.717) is 29.9 Å². The Hall–Kier alpha value is -3.84. The van der Waals surface area contributed by atoms with Crippen molar-refractivity contribution in [3.8, 4) is 11.5 Å². The van der Waals surface area contributed by atoms with Crippen LogP contribution in [0.15, 0.2) is 95.2 Å². The monoisotopic (exact) mass is 459 g/mol. The lowest BCUT2D eigenvalue weighted by molar-refractivity contribution is -0.136. The number of benzene rings is 3. The zero-order valence-corrected chi connectivity index (χ0v) is 19.4. The molecule has 0 radical (unpaired) electrons. The molecule has 7 nitrogen and oxygen atoms in total. The molecule has 34 heavy (non-hydrogen) atoms. The molecule has 1 N–H and O–H groups in total. The number of amides is 2. The second kappa shape index (κ2) is 12.4. The zero-order valence-electron chi connectivity index (χ0n) is 19.4. The number of hydroxylamine groups is 1. The number of para-hydroxylation sites is 1. The number of hydrogen-bond acceptors (Lipinski definition) is 5. The Bertz CT molecular complexity index is 1080. The fourth-order valence-corrected chi connectivity index (χ4v) is 3.29. The van der Waals surface area contributed by atoms with E-state index in [1.54, 1.807) is 24.3 Å². The average molecular weight is 460 g/mol. The maximum Gasteiger partial charge on any atom is 0.295 e. The third-order valence-corrected chi connectivity index (χ3v) is 5.51. The number of carbonyl (C=O) groups excluding carboxylic acids is 2. The van der Waals surface area contributed by atoms with Crippen molar-refractivity contribution in [3.63, 3.8) is 0 Å². The molecular formula is C27H29N3O4. The molecule has 3 aromatic carbocycles. The maximum absolute atomic E-state index is 12.6. The van der Waals surface area contributed by atoms with Crippen LogP contribution in [0.4, 0.5) is 0 Å². The maximum atomic E-state index is 12.6. The minimum Gasteiger partial charge on any atom is -0.457 e. The molecule has 0 heterocycles. The summed E-state index contributed by atoms with van der Waals surface area (Å²) in [6.45, 7) is 4.10. The van der Waals surface area contributed by atoms with Crippen molar-refractivity contribution in [2.45, 2.75) is 45.3 Å². The standard InChI is InChI=1S/C27H29N3O4/c1-3-27(4-2,19-25(31)29-33-20-21-11-7-5-8-12-21)30-28-26(32)22-15-17-24(18-16-22)34-23-13-9-6-10-14-23/h5-18H,3-4,19-20H2,1-2H3,(H,29,31)/b30-28+. The summed E-state index contributed by atoms with van der Waals surface area (Å²) in [4.78, 5) is 30.3. The molecule has 7 heteroatoms. The quantitative estimate of drug-likeness (QED) is 0.270. The van der Waals surface area contributed by atoms with Gasteiger partial charge in [-0.1, -0.05) is 62.4 Å². The SMILES string of the molecule is CCC(CC)(CC(=O)NOCc1ccccc1)/N=N/C(=O)c1ccc(Oc2ccccc2)cc1. The molecule has 0 saturated heterocycles. The van der Waals surface area contributed by atoms with Gasteiger partial charge in [0.15, 0.2) is 0 Å². The highest BCUT2D eigenvalue weighted by molar-refractivity contribution is 5.94.